The van der Waals surface area contributed by atoms with E-state index in [0.717, 1.165) is 33.5 Å². The van der Waals surface area contributed by atoms with E-state index in [1.54, 1.807) is 32.6 Å². The maximum absolute atomic E-state index is 6.07. The van der Waals surface area contributed by atoms with Crippen LogP contribution in [0.25, 0.3) is 17.0 Å². The zero-order valence-corrected chi connectivity index (χ0v) is 20.0. The number of aryl methyl sites for hydroxylation is 2. The third kappa shape index (κ3) is 3.28. The lowest BCUT2D eigenvalue weighted by Crippen LogP contribution is -2.14. The van der Waals surface area contributed by atoms with E-state index in [1.165, 1.54) is 0 Å². The van der Waals surface area contributed by atoms with Crippen LogP contribution in [0, 0.1) is 6.92 Å². The molecule has 0 unspecified atom stereocenters. The number of fused-ring (bicyclic) bond motifs is 4. The van der Waals surface area contributed by atoms with Crippen LogP contribution in [-0.2, 0) is 13.6 Å². The summed E-state index contributed by atoms with van der Waals surface area (Å²) in [7, 11) is 1.89. The van der Waals surface area contributed by atoms with Gasteiger partial charge in [0.1, 0.15) is 6.33 Å². The molecule has 178 valence electrons. The number of aromatic amines is 1. The number of ether oxygens (including phenoxy) is 1. The largest absolute Gasteiger partial charge is 0.418 e. The van der Waals surface area contributed by atoms with E-state index in [0.29, 0.717) is 34.8 Å². The number of hydrogen-bond acceptors (Lipinski definition) is 7. The van der Waals surface area contributed by atoms with Gasteiger partial charge in [-0.15, -0.1) is 10.2 Å². The second-order valence-electron chi connectivity index (χ2n) is 8.77. The van der Waals surface area contributed by atoms with Gasteiger partial charge in [0.15, 0.2) is 11.5 Å². The van der Waals surface area contributed by atoms with Crippen molar-refractivity contribution in [2.45, 2.75) is 19.4 Å². The average molecular weight is 499 g/mol. The van der Waals surface area contributed by atoms with Gasteiger partial charge in [-0.1, -0.05) is 35.9 Å². The molecular weight excluding hydrogens is 480 g/mol. The van der Waals surface area contributed by atoms with E-state index in [2.05, 4.69) is 25.4 Å². The van der Waals surface area contributed by atoms with Crippen LogP contribution in [0.2, 0.25) is 5.02 Å². The Labute approximate surface area is 209 Å². The molecule has 12 heteroatoms. The molecule has 0 aliphatic carbocycles. The van der Waals surface area contributed by atoms with Crippen LogP contribution < -0.4 is 4.74 Å². The zero-order chi connectivity index (χ0) is 24.4. The van der Waals surface area contributed by atoms with Crippen LogP contribution in [-0.4, -0.2) is 49.3 Å². The smallest absolute Gasteiger partial charge is 0.244 e. The molecule has 7 rings (SSSR count). The van der Waals surface area contributed by atoms with Gasteiger partial charge in [-0.2, -0.15) is 10.2 Å². The second-order valence-corrected chi connectivity index (χ2v) is 9.21. The number of nitrogens with one attached hydrogen (secondary N) is 1. The number of aromatic nitrogens is 10. The van der Waals surface area contributed by atoms with Crippen LogP contribution in [0.3, 0.4) is 0 Å². The van der Waals surface area contributed by atoms with Gasteiger partial charge in [0.25, 0.3) is 0 Å². The number of hydrogen-bond donors (Lipinski definition) is 1. The Morgan fingerprint density at radius 2 is 1.92 bits per heavy atom. The lowest BCUT2D eigenvalue weighted by Gasteiger charge is -2.24. The van der Waals surface area contributed by atoms with Crippen molar-refractivity contribution in [3.63, 3.8) is 0 Å². The van der Waals surface area contributed by atoms with Crippen molar-refractivity contribution in [3.05, 3.63) is 88.4 Å². The maximum Gasteiger partial charge on any atom is 0.244 e. The van der Waals surface area contributed by atoms with E-state index >= 15 is 0 Å². The van der Waals surface area contributed by atoms with Crippen molar-refractivity contribution < 1.29 is 4.74 Å². The predicted molar refractivity (Wildman–Crippen MR) is 130 cm³/mol. The molecule has 0 radical (unpaired) electrons. The number of benzene rings is 1. The van der Waals surface area contributed by atoms with Crippen molar-refractivity contribution in [2.24, 2.45) is 7.05 Å². The monoisotopic (exact) mass is 498 g/mol. The molecule has 6 heterocycles. The molecule has 6 aromatic rings. The minimum absolute atomic E-state index is 0.201. The van der Waals surface area contributed by atoms with E-state index in [9.17, 15) is 0 Å². The van der Waals surface area contributed by atoms with Gasteiger partial charge in [-0.3, -0.25) is 14.5 Å². The maximum atomic E-state index is 6.07. The van der Waals surface area contributed by atoms with Crippen molar-refractivity contribution in [3.8, 4) is 23.1 Å². The van der Waals surface area contributed by atoms with E-state index in [-0.39, 0.29) is 5.92 Å². The van der Waals surface area contributed by atoms with Crippen molar-refractivity contribution >= 4 is 17.2 Å². The molecule has 36 heavy (non-hydrogen) atoms. The lowest BCUT2D eigenvalue weighted by molar-refractivity contribution is 0.416. The Morgan fingerprint density at radius 3 is 2.67 bits per heavy atom. The Balaban J connectivity index is 1.31. The van der Waals surface area contributed by atoms with Crippen LogP contribution in [0.5, 0.6) is 11.8 Å². The van der Waals surface area contributed by atoms with Gasteiger partial charge >= 0.3 is 0 Å². The van der Waals surface area contributed by atoms with Crippen molar-refractivity contribution in [2.75, 3.05) is 0 Å². The summed E-state index contributed by atoms with van der Waals surface area (Å²) in [4.78, 5) is 9.47. The molecule has 0 saturated heterocycles. The summed E-state index contributed by atoms with van der Waals surface area (Å²) < 4.78 is 11.3. The molecule has 0 spiro atoms. The summed E-state index contributed by atoms with van der Waals surface area (Å²) in [6.45, 7) is 2.60. The first kappa shape index (κ1) is 20.8. The predicted octanol–water partition coefficient (Wildman–Crippen LogP) is 3.74. The van der Waals surface area contributed by atoms with Gasteiger partial charge in [0.2, 0.25) is 11.8 Å². The fourth-order valence-electron chi connectivity index (χ4n) is 4.68. The first-order chi connectivity index (χ1) is 17.5. The second kappa shape index (κ2) is 7.75. The molecule has 11 nitrogen and oxygen atoms in total. The summed E-state index contributed by atoms with van der Waals surface area (Å²) in [6, 6.07) is 8.07. The summed E-state index contributed by atoms with van der Waals surface area (Å²) >= 11 is 5.98. The highest BCUT2D eigenvalue weighted by Crippen LogP contribution is 2.48. The minimum atomic E-state index is -0.201. The number of nitrogens with zero attached hydrogens (tertiary/aromatic N) is 9. The zero-order valence-electron chi connectivity index (χ0n) is 19.3. The highest BCUT2D eigenvalue weighted by atomic mass is 35.5. The molecular formula is C24H19ClN10O. The van der Waals surface area contributed by atoms with Crippen LogP contribution in [0.1, 0.15) is 33.9 Å². The Hall–Kier alpha value is -4.51. The minimum Gasteiger partial charge on any atom is -0.418 e. The summed E-state index contributed by atoms with van der Waals surface area (Å²) in [5.41, 5.74) is 6.34. The summed E-state index contributed by atoms with van der Waals surface area (Å²) in [6.07, 6.45) is 8.88. The molecule has 0 fully saturated rings. The number of halogens is 1. The molecule has 0 bridgehead atoms. The van der Waals surface area contributed by atoms with Gasteiger partial charge in [-0.05, 0) is 12.5 Å². The van der Waals surface area contributed by atoms with Gasteiger partial charge in [0, 0.05) is 41.8 Å². The fraction of sp³-hybridized carbons (Fsp3) is 0.167. The Bertz CT molecular complexity index is 1740. The third-order valence-corrected chi connectivity index (χ3v) is 6.53. The molecule has 1 N–H and O–H groups in total. The van der Waals surface area contributed by atoms with Gasteiger partial charge in [0.05, 0.1) is 35.4 Å². The quantitative estimate of drug-likeness (QED) is 0.393. The molecule has 0 saturated carbocycles. The first-order valence-corrected chi connectivity index (χ1v) is 11.6. The number of H-pyrrole nitrogens is 1. The summed E-state index contributed by atoms with van der Waals surface area (Å²) in [5.74, 6) is 1.37. The highest BCUT2D eigenvalue weighted by molar-refractivity contribution is 6.30. The normalized spacial score (nSPS) is 14.6. The van der Waals surface area contributed by atoms with Crippen molar-refractivity contribution in [1.29, 1.82) is 0 Å². The fourth-order valence-corrected chi connectivity index (χ4v) is 4.84. The Kier molecular flexibility index (Phi) is 4.48. The molecule has 5 aromatic heterocycles. The van der Waals surface area contributed by atoms with E-state index in [4.69, 9.17) is 26.4 Å². The molecule has 1 atom stereocenters. The molecule has 1 aliphatic heterocycles. The third-order valence-electron chi connectivity index (χ3n) is 6.33. The van der Waals surface area contributed by atoms with E-state index < -0.39 is 0 Å². The van der Waals surface area contributed by atoms with Crippen LogP contribution >= 0.6 is 11.6 Å². The van der Waals surface area contributed by atoms with E-state index in [1.807, 2.05) is 50.6 Å². The van der Waals surface area contributed by atoms with Gasteiger partial charge in [-0.25, -0.2) is 14.5 Å². The number of rotatable bonds is 4. The molecule has 0 amide bonds. The first-order valence-electron chi connectivity index (χ1n) is 11.3. The highest BCUT2D eigenvalue weighted by Gasteiger charge is 2.37. The Morgan fingerprint density at radius 1 is 1.06 bits per heavy atom. The van der Waals surface area contributed by atoms with Crippen LogP contribution in [0.15, 0.2) is 55.4 Å². The topological polar surface area (TPSA) is 117 Å². The SMILES string of the molecule is Cc1[nH]nc2c1[C@@H](c1cnn(C)c1)c1c(ncn3nc(-c4ccc(Cn5cc(Cl)cn5)cc4)nc13)O2. The average Bonchev–Trinajstić information content (AvgIpc) is 3.66. The molecule has 1 aliphatic rings. The van der Waals surface area contributed by atoms with Crippen LogP contribution in [0.4, 0.5) is 0 Å². The molecule has 1 aromatic carbocycles. The summed E-state index contributed by atoms with van der Waals surface area (Å²) in [5, 5.41) is 21.3. The van der Waals surface area contributed by atoms with Gasteiger partial charge < -0.3 is 4.74 Å². The lowest BCUT2D eigenvalue weighted by atomic mass is 9.86. The van der Waals surface area contributed by atoms with Crippen molar-refractivity contribution in [1.82, 2.24) is 49.3 Å². The standard InChI is InChI=1S/C24H19ClN10O/c1-13-18-19(16-7-27-33(2)10-16)20-22-29-21(32-35(22)12-26-23(20)36-24(18)31-30-13)15-5-3-14(4-6-15)9-34-11-17(25)8-28-34/h3-8,10-12,19H,9H2,1-2H3,(H,30,31)/t19-/m1/s1.